The summed E-state index contributed by atoms with van der Waals surface area (Å²) in [7, 11) is -2.51. The number of carbonyl (C=O) groups is 2. The number of nitrogens with zero attached hydrogens (tertiary/aromatic N) is 1. The largest absolute Gasteiger partial charge is 0.483 e. The van der Waals surface area contributed by atoms with Crippen molar-refractivity contribution in [1.29, 1.82) is 0 Å². The summed E-state index contributed by atoms with van der Waals surface area (Å²) in [6.45, 7) is 0.554. The van der Waals surface area contributed by atoms with Crippen molar-refractivity contribution in [3.63, 3.8) is 0 Å². The lowest BCUT2D eigenvalue weighted by molar-refractivity contribution is -0.118. The van der Waals surface area contributed by atoms with Crippen molar-refractivity contribution in [2.75, 3.05) is 32.1 Å². The normalized spacial score (nSPS) is 14.4. The zero-order chi connectivity index (χ0) is 20.9. The van der Waals surface area contributed by atoms with Crippen molar-refractivity contribution >= 4 is 27.6 Å². The van der Waals surface area contributed by atoms with Gasteiger partial charge in [-0.25, -0.2) is 13.2 Å². The molecule has 0 unspecified atom stereocenters. The highest BCUT2D eigenvalue weighted by Crippen LogP contribution is 2.27. The monoisotopic (exact) mass is 418 g/mol. The molecule has 0 aromatic heterocycles. The van der Waals surface area contributed by atoms with Gasteiger partial charge in [0.05, 0.1) is 12.0 Å². The number of esters is 1. The van der Waals surface area contributed by atoms with E-state index in [2.05, 4.69) is 5.32 Å². The van der Waals surface area contributed by atoms with Crippen LogP contribution in [-0.2, 0) is 19.6 Å². The van der Waals surface area contributed by atoms with Crippen LogP contribution in [0.1, 0.15) is 23.2 Å². The molecule has 9 heteroatoms. The van der Waals surface area contributed by atoms with E-state index in [1.807, 2.05) is 6.07 Å². The number of hydrogen-bond acceptors (Lipinski definition) is 6. The van der Waals surface area contributed by atoms with Gasteiger partial charge in [-0.1, -0.05) is 18.2 Å². The first-order chi connectivity index (χ1) is 13.9. The van der Waals surface area contributed by atoms with Crippen LogP contribution in [0.4, 0.5) is 5.69 Å². The Morgan fingerprint density at radius 1 is 1.07 bits per heavy atom. The number of hydrogen-bond donors (Lipinski definition) is 1. The van der Waals surface area contributed by atoms with Gasteiger partial charge in [0.25, 0.3) is 5.91 Å². The van der Waals surface area contributed by atoms with Crippen LogP contribution >= 0.6 is 0 Å². The van der Waals surface area contributed by atoms with Crippen LogP contribution in [0.15, 0.2) is 53.4 Å². The van der Waals surface area contributed by atoms with Crippen LogP contribution in [0.2, 0.25) is 0 Å². The smallest absolute Gasteiger partial charge is 0.341 e. The molecule has 29 heavy (non-hydrogen) atoms. The second kappa shape index (κ2) is 9.06. The zero-order valence-electron chi connectivity index (χ0n) is 16.0. The van der Waals surface area contributed by atoms with Gasteiger partial charge in [0, 0.05) is 18.8 Å². The van der Waals surface area contributed by atoms with Gasteiger partial charge in [0.1, 0.15) is 11.3 Å². The average Bonchev–Trinajstić information content (AvgIpc) is 3.28. The SMILES string of the molecule is COC(=O)c1cc(S(=O)(=O)N2CCCC2)ccc1OCC(=O)Nc1ccccc1. The molecular weight excluding hydrogens is 396 g/mol. The highest BCUT2D eigenvalue weighted by Gasteiger charge is 2.29. The maximum absolute atomic E-state index is 12.7. The van der Waals surface area contributed by atoms with Gasteiger partial charge in [-0.2, -0.15) is 4.31 Å². The Labute approximate surface area is 169 Å². The minimum Gasteiger partial charge on any atom is -0.483 e. The van der Waals surface area contributed by atoms with E-state index < -0.39 is 21.9 Å². The van der Waals surface area contributed by atoms with E-state index in [0.717, 1.165) is 12.8 Å². The molecule has 1 N–H and O–H groups in total. The van der Waals surface area contributed by atoms with Gasteiger partial charge in [-0.3, -0.25) is 4.79 Å². The van der Waals surface area contributed by atoms with Crippen LogP contribution < -0.4 is 10.1 Å². The van der Waals surface area contributed by atoms with E-state index in [4.69, 9.17) is 9.47 Å². The second-order valence-corrected chi connectivity index (χ2v) is 8.40. The lowest BCUT2D eigenvalue weighted by Crippen LogP contribution is -2.28. The molecule has 8 nitrogen and oxygen atoms in total. The number of carbonyl (C=O) groups excluding carboxylic acids is 2. The van der Waals surface area contributed by atoms with Gasteiger partial charge in [-0.15, -0.1) is 0 Å². The van der Waals surface area contributed by atoms with Crippen molar-refractivity contribution in [1.82, 2.24) is 4.31 Å². The molecular formula is C20H22N2O6S. The summed E-state index contributed by atoms with van der Waals surface area (Å²) in [5.41, 5.74) is 0.557. The number of anilines is 1. The minimum atomic E-state index is -3.70. The fraction of sp³-hybridized carbons (Fsp3) is 0.300. The maximum atomic E-state index is 12.7. The number of ether oxygens (including phenoxy) is 2. The lowest BCUT2D eigenvalue weighted by atomic mass is 10.2. The quantitative estimate of drug-likeness (QED) is 0.692. The molecule has 0 aliphatic carbocycles. The molecule has 1 amide bonds. The Kier molecular flexibility index (Phi) is 6.50. The van der Waals surface area contributed by atoms with E-state index in [9.17, 15) is 18.0 Å². The average molecular weight is 418 g/mol. The Morgan fingerprint density at radius 3 is 2.41 bits per heavy atom. The van der Waals surface area contributed by atoms with Crippen LogP contribution in [-0.4, -0.2) is 51.4 Å². The minimum absolute atomic E-state index is 0.0131. The number of benzene rings is 2. The van der Waals surface area contributed by atoms with E-state index >= 15 is 0 Å². The molecule has 2 aromatic carbocycles. The van der Waals surface area contributed by atoms with E-state index in [-0.39, 0.29) is 22.8 Å². The van der Waals surface area contributed by atoms with Crippen molar-refractivity contribution in [2.45, 2.75) is 17.7 Å². The summed E-state index contributed by atoms with van der Waals surface area (Å²) in [4.78, 5) is 24.2. The number of rotatable bonds is 7. The first-order valence-electron chi connectivity index (χ1n) is 9.12. The number of amides is 1. The highest BCUT2D eigenvalue weighted by molar-refractivity contribution is 7.89. The predicted octanol–water partition coefficient (Wildman–Crippen LogP) is 2.28. The van der Waals surface area contributed by atoms with Gasteiger partial charge in [0.15, 0.2) is 6.61 Å². The molecule has 1 aliphatic heterocycles. The summed E-state index contributed by atoms with van der Waals surface area (Å²) in [5, 5.41) is 2.66. The third-order valence-electron chi connectivity index (χ3n) is 4.48. The topological polar surface area (TPSA) is 102 Å². The molecule has 0 bridgehead atoms. The van der Waals surface area contributed by atoms with Crippen LogP contribution in [0.3, 0.4) is 0 Å². The van der Waals surface area contributed by atoms with Crippen molar-refractivity contribution in [3.05, 3.63) is 54.1 Å². The zero-order valence-corrected chi connectivity index (χ0v) is 16.8. The van der Waals surface area contributed by atoms with Crippen molar-refractivity contribution in [3.8, 4) is 5.75 Å². The van der Waals surface area contributed by atoms with E-state index in [1.54, 1.807) is 24.3 Å². The lowest BCUT2D eigenvalue weighted by Gasteiger charge is -2.17. The number of sulfonamides is 1. The Hall–Kier alpha value is -2.91. The van der Waals surface area contributed by atoms with Gasteiger partial charge < -0.3 is 14.8 Å². The maximum Gasteiger partial charge on any atom is 0.341 e. The van der Waals surface area contributed by atoms with E-state index in [1.165, 1.54) is 29.6 Å². The summed E-state index contributed by atoms with van der Waals surface area (Å²) >= 11 is 0. The Bertz CT molecular complexity index is 985. The van der Waals surface area contributed by atoms with Gasteiger partial charge in [-0.05, 0) is 43.2 Å². The fourth-order valence-corrected chi connectivity index (χ4v) is 4.55. The summed E-state index contributed by atoms with van der Waals surface area (Å²) in [6.07, 6.45) is 1.61. The molecule has 0 spiro atoms. The summed E-state index contributed by atoms with van der Waals surface area (Å²) in [5.74, 6) is -1.09. The number of para-hydroxylation sites is 1. The molecule has 0 atom stereocenters. The molecule has 2 aromatic rings. The molecule has 1 fully saturated rings. The van der Waals surface area contributed by atoms with Gasteiger partial charge >= 0.3 is 5.97 Å². The van der Waals surface area contributed by atoms with Crippen molar-refractivity contribution in [2.24, 2.45) is 0 Å². The van der Waals surface area contributed by atoms with Crippen LogP contribution in [0, 0.1) is 0 Å². The molecule has 3 rings (SSSR count). The van der Waals surface area contributed by atoms with Gasteiger partial charge in [0.2, 0.25) is 10.0 Å². The third kappa shape index (κ3) is 4.93. The Balaban J connectivity index is 1.77. The molecule has 1 saturated heterocycles. The highest BCUT2D eigenvalue weighted by atomic mass is 32.2. The molecule has 0 radical (unpaired) electrons. The van der Waals surface area contributed by atoms with E-state index in [0.29, 0.717) is 18.8 Å². The molecule has 154 valence electrons. The summed E-state index contributed by atoms with van der Waals surface area (Å²) < 4.78 is 37.1. The standard InChI is InChI=1S/C20H22N2O6S/c1-27-20(24)17-13-16(29(25,26)22-11-5-6-12-22)9-10-18(17)28-14-19(23)21-15-7-3-2-4-8-15/h2-4,7-10,13H,5-6,11-12,14H2,1H3,(H,21,23). The third-order valence-corrected chi connectivity index (χ3v) is 6.37. The molecule has 1 aliphatic rings. The molecule has 1 heterocycles. The van der Waals surface area contributed by atoms with Crippen LogP contribution in [0.25, 0.3) is 0 Å². The second-order valence-electron chi connectivity index (χ2n) is 6.46. The number of methoxy groups -OCH3 is 1. The predicted molar refractivity (Wildman–Crippen MR) is 106 cm³/mol. The number of nitrogens with one attached hydrogen (secondary N) is 1. The Morgan fingerprint density at radius 2 is 1.76 bits per heavy atom. The van der Waals surface area contributed by atoms with Crippen LogP contribution in [0.5, 0.6) is 5.75 Å². The fourth-order valence-electron chi connectivity index (χ4n) is 3.00. The van der Waals surface area contributed by atoms with Crippen molar-refractivity contribution < 1.29 is 27.5 Å². The summed E-state index contributed by atoms with van der Waals surface area (Å²) in [6, 6.07) is 12.8. The first kappa shape index (κ1) is 20.8. The molecule has 0 saturated carbocycles. The first-order valence-corrected chi connectivity index (χ1v) is 10.6.